The lowest BCUT2D eigenvalue weighted by molar-refractivity contribution is -0.125. The fourth-order valence-corrected chi connectivity index (χ4v) is 2.91. The van der Waals surface area contributed by atoms with Gasteiger partial charge >= 0.3 is 5.69 Å². The molecule has 0 unspecified atom stereocenters. The van der Waals surface area contributed by atoms with E-state index in [9.17, 15) is 14.7 Å². The van der Waals surface area contributed by atoms with Gasteiger partial charge in [-0.2, -0.15) is 0 Å². The normalized spacial score (nSPS) is 26.6. The van der Waals surface area contributed by atoms with Crippen molar-refractivity contribution in [2.75, 3.05) is 0 Å². The number of H-pyrrole nitrogens is 1. The molecule has 2 aromatic rings. The summed E-state index contributed by atoms with van der Waals surface area (Å²) in [6.07, 6.45) is 0.510. The first-order chi connectivity index (χ1) is 11.4. The van der Waals surface area contributed by atoms with E-state index in [0.717, 1.165) is 5.56 Å². The number of ether oxygens (including phenoxy) is 1. The highest BCUT2D eigenvalue weighted by atomic mass is 16.6. The van der Waals surface area contributed by atoms with Crippen molar-refractivity contribution < 1.29 is 9.84 Å². The summed E-state index contributed by atoms with van der Waals surface area (Å²) < 4.78 is 7.24. The van der Waals surface area contributed by atoms with Gasteiger partial charge in [-0.15, -0.1) is 0 Å². The van der Waals surface area contributed by atoms with Crippen LogP contribution in [-0.2, 0) is 17.1 Å². The minimum atomic E-state index is -1.21. The van der Waals surface area contributed by atoms with Crippen LogP contribution < -0.4 is 16.6 Å². The van der Waals surface area contributed by atoms with E-state index in [1.807, 2.05) is 30.3 Å². The molecule has 0 aliphatic carbocycles. The standard InChI is InChI=1S/C17H21N3O4/c1-11-10-20(16(23)19-15(11)22)17(8-14(21)12(2)24-17)18-9-13-6-4-3-5-7-13/h3-7,10,12,14,18,21H,8-9H2,1-2H3,(H,19,22,23)/t12-,14+,17+/m1/s1. The molecule has 1 aliphatic rings. The number of rotatable bonds is 4. The molecule has 24 heavy (non-hydrogen) atoms. The number of nitrogens with one attached hydrogen (secondary N) is 2. The van der Waals surface area contributed by atoms with Crippen LogP contribution in [0.2, 0.25) is 0 Å². The molecule has 1 fully saturated rings. The summed E-state index contributed by atoms with van der Waals surface area (Å²) in [6.45, 7) is 3.82. The van der Waals surface area contributed by atoms with Crippen molar-refractivity contribution in [1.29, 1.82) is 0 Å². The maximum atomic E-state index is 12.3. The second-order valence-electron chi connectivity index (χ2n) is 6.16. The highest BCUT2D eigenvalue weighted by Gasteiger charge is 2.46. The van der Waals surface area contributed by atoms with Crippen molar-refractivity contribution in [2.24, 2.45) is 0 Å². The van der Waals surface area contributed by atoms with Gasteiger partial charge in [0, 0.05) is 24.7 Å². The van der Waals surface area contributed by atoms with Gasteiger partial charge in [-0.3, -0.25) is 19.7 Å². The summed E-state index contributed by atoms with van der Waals surface area (Å²) in [4.78, 5) is 26.2. The van der Waals surface area contributed by atoms with E-state index < -0.39 is 29.3 Å². The largest absolute Gasteiger partial charge is 0.390 e. The summed E-state index contributed by atoms with van der Waals surface area (Å²) in [5.74, 6) is -1.21. The first-order valence-corrected chi connectivity index (χ1v) is 7.89. The fourth-order valence-electron chi connectivity index (χ4n) is 2.91. The van der Waals surface area contributed by atoms with Gasteiger partial charge < -0.3 is 9.84 Å². The SMILES string of the molecule is Cc1cn([C@@]2(NCc3ccccc3)C[C@H](O)[C@@H](C)O2)c(=O)[nH]c1=O. The lowest BCUT2D eigenvalue weighted by atomic mass is 10.1. The van der Waals surface area contributed by atoms with Gasteiger partial charge in [-0.1, -0.05) is 30.3 Å². The van der Waals surface area contributed by atoms with Gasteiger partial charge in [-0.05, 0) is 19.4 Å². The zero-order valence-electron chi connectivity index (χ0n) is 13.7. The van der Waals surface area contributed by atoms with Gasteiger partial charge in [0.15, 0.2) is 0 Å². The van der Waals surface area contributed by atoms with Crippen LogP contribution in [0.1, 0.15) is 24.5 Å². The highest BCUT2D eigenvalue weighted by Crippen LogP contribution is 2.32. The minimum absolute atomic E-state index is 0.201. The van der Waals surface area contributed by atoms with Gasteiger partial charge in [0.25, 0.3) is 5.56 Å². The Morgan fingerprint density at radius 1 is 1.38 bits per heavy atom. The monoisotopic (exact) mass is 331 g/mol. The first kappa shape index (κ1) is 16.6. The van der Waals surface area contributed by atoms with Crippen molar-refractivity contribution in [3.8, 4) is 0 Å². The number of aliphatic hydroxyl groups excluding tert-OH is 1. The summed E-state index contributed by atoms with van der Waals surface area (Å²) in [5.41, 5.74) is 0.408. The second-order valence-corrected chi connectivity index (χ2v) is 6.16. The predicted molar refractivity (Wildman–Crippen MR) is 88.5 cm³/mol. The van der Waals surface area contributed by atoms with Crippen LogP contribution in [0, 0.1) is 6.92 Å². The number of aliphatic hydroxyl groups is 1. The molecule has 2 heterocycles. The third-order valence-electron chi connectivity index (χ3n) is 4.33. The average Bonchev–Trinajstić information content (AvgIpc) is 2.85. The molecule has 1 aliphatic heterocycles. The summed E-state index contributed by atoms with van der Waals surface area (Å²) >= 11 is 0. The van der Waals surface area contributed by atoms with E-state index in [2.05, 4.69) is 10.3 Å². The van der Waals surface area contributed by atoms with Gasteiger partial charge in [0.2, 0.25) is 5.85 Å². The van der Waals surface area contributed by atoms with Crippen LogP contribution in [0.15, 0.2) is 46.1 Å². The Morgan fingerprint density at radius 3 is 2.71 bits per heavy atom. The Morgan fingerprint density at radius 2 is 2.08 bits per heavy atom. The lowest BCUT2D eigenvalue weighted by Crippen LogP contribution is -2.53. The molecule has 3 rings (SSSR count). The quantitative estimate of drug-likeness (QED) is 0.754. The van der Waals surface area contributed by atoms with Crippen LogP contribution in [0.4, 0.5) is 0 Å². The molecule has 7 heteroatoms. The maximum Gasteiger partial charge on any atom is 0.331 e. The number of aryl methyl sites for hydroxylation is 1. The molecule has 0 saturated carbocycles. The number of nitrogens with zero attached hydrogens (tertiary/aromatic N) is 1. The van der Waals surface area contributed by atoms with Gasteiger partial charge in [0.1, 0.15) is 0 Å². The zero-order chi connectivity index (χ0) is 17.3. The Kier molecular flexibility index (Phi) is 4.40. The van der Waals surface area contributed by atoms with E-state index in [4.69, 9.17) is 4.74 Å². The molecule has 1 aromatic heterocycles. The molecule has 0 radical (unpaired) electrons. The van der Waals surface area contributed by atoms with E-state index in [1.165, 1.54) is 10.8 Å². The molecule has 0 bridgehead atoms. The molecule has 1 aromatic carbocycles. The molecule has 1 saturated heterocycles. The van der Waals surface area contributed by atoms with Crippen molar-refractivity contribution in [2.45, 2.75) is 44.9 Å². The molecular weight excluding hydrogens is 310 g/mol. The van der Waals surface area contributed by atoms with Crippen LogP contribution in [0.5, 0.6) is 0 Å². The van der Waals surface area contributed by atoms with Crippen LogP contribution in [0.25, 0.3) is 0 Å². The van der Waals surface area contributed by atoms with Gasteiger partial charge in [-0.25, -0.2) is 4.79 Å². The van der Waals surface area contributed by atoms with E-state index >= 15 is 0 Å². The molecule has 128 valence electrons. The van der Waals surface area contributed by atoms with Crippen LogP contribution >= 0.6 is 0 Å². The molecular formula is C17H21N3O4. The molecule has 3 atom stereocenters. The van der Waals surface area contributed by atoms with Crippen LogP contribution in [-0.4, -0.2) is 26.9 Å². The van der Waals surface area contributed by atoms with E-state index in [0.29, 0.717) is 12.1 Å². The molecule has 0 spiro atoms. The minimum Gasteiger partial charge on any atom is -0.390 e. The highest BCUT2D eigenvalue weighted by molar-refractivity contribution is 5.15. The van der Waals surface area contributed by atoms with Gasteiger partial charge in [0.05, 0.1) is 12.2 Å². The number of hydrogen-bond acceptors (Lipinski definition) is 5. The zero-order valence-corrected chi connectivity index (χ0v) is 13.7. The average molecular weight is 331 g/mol. The number of benzene rings is 1. The van der Waals surface area contributed by atoms with Crippen molar-refractivity contribution >= 4 is 0 Å². The summed E-state index contributed by atoms with van der Waals surface area (Å²) in [6, 6.07) is 9.68. The number of aromatic nitrogens is 2. The Balaban J connectivity index is 1.99. The first-order valence-electron chi connectivity index (χ1n) is 7.89. The lowest BCUT2D eigenvalue weighted by Gasteiger charge is -2.32. The topological polar surface area (TPSA) is 96.3 Å². The molecule has 0 amide bonds. The second kappa shape index (κ2) is 6.35. The maximum absolute atomic E-state index is 12.3. The Labute approximate surface area is 138 Å². The summed E-state index contributed by atoms with van der Waals surface area (Å²) in [5, 5.41) is 13.4. The van der Waals surface area contributed by atoms with Crippen LogP contribution in [0.3, 0.4) is 0 Å². The number of hydrogen-bond donors (Lipinski definition) is 3. The third-order valence-corrected chi connectivity index (χ3v) is 4.33. The Hall–Kier alpha value is -2.22. The van der Waals surface area contributed by atoms with Crippen molar-refractivity contribution in [3.63, 3.8) is 0 Å². The number of aromatic amines is 1. The summed E-state index contributed by atoms with van der Waals surface area (Å²) in [7, 11) is 0. The van der Waals surface area contributed by atoms with Crippen molar-refractivity contribution in [3.05, 3.63) is 68.5 Å². The smallest absolute Gasteiger partial charge is 0.331 e. The predicted octanol–water partition coefficient (Wildman–Crippen LogP) is 0.415. The third kappa shape index (κ3) is 3.06. The Bertz CT molecular complexity index is 818. The van der Waals surface area contributed by atoms with E-state index in [-0.39, 0.29) is 6.42 Å². The van der Waals surface area contributed by atoms with Crippen molar-refractivity contribution in [1.82, 2.24) is 14.9 Å². The molecule has 7 nitrogen and oxygen atoms in total. The van der Waals surface area contributed by atoms with E-state index in [1.54, 1.807) is 13.8 Å². The molecule has 3 N–H and O–H groups in total. The fraction of sp³-hybridized carbons (Fsp3) is 0.412.